The second-order valence-corrected chi connectivity index (χ2v) is 2.83. The van der Waals surface area contributed by atoms with Crippen LogP contribution in [0, 0.1) is 5.82 Å². The van der Waals surface area contributed by atoms with E-state index in [1.54, 1.807) is 6.07 Å². The third-order valence-corrected chi connectivity index (χ3v) is 1.78. The van der Waals surface area contributed by atoms with Gasteiger partial charge in [0.1, 0.15) is 12.5 Å². The first-order chi connectivity index (χ1) is 6.66. The number of carbonyl (C=O) groups is 1. The number of halogens is 2. The van der Waals surface area contributed by atoms with Gasteiger partial charge in [-0.1, -0.05) is 6.07 Å². The summed E-state index contributed by atoms with van der Waals surface area (Å²) in [6.07, 6.45) is 0. The van der Waals surface area contributed by atoms with Crippen LogP contribution in [-0.2, 0) is 0 Å². The van der Waals surface area contributed by atoms with Gasteiger partial charge in [0.05, 0.1) is 5.56 Å². The number of rotatable bonds is 4. The van der Waals surface area contributed by atoms with Crippen LogP contribution in [-0.4, -0.2) is 19.0 Å². The van der Waals surface area contributed by atoms with Crippen LogP contribution < -0.4 is 5.32 Å². The van der Waals surface area contributed by atoms with E-state index in [4.69, 9.17) is 0 Å². The molecule has 76 valence electrons. The lowest BCUT2D eigenvalue weighted by molar-refractivity contribution is 0.101. The number of nitrogens with one attached hydrogen (secondary N) is 1. The number of ketones is 1. The van der Waals surface area contributed by atoms with Crippen molar-refractivity contribution in [1.29, 1.82) is 0 Å². The molecular formula is C10H11F2NO. The molecule has 0 heterocycles. The van der Waals surface area contributed by atoms with Gasteiger partial charge in [0, 0.05) is 12.2 Å². The SMILES string of the molecule is CC(=O)c1c(F)cccc1NCCF. The summed E-state index contributed by atoms with van der Waals surface area (Å²) in [6, 6.07) is 4.23. The molecule has 0 aliphatic heterocycles. The zero-order chi connectivity index (χ0) is 10.6. The van der Waals surface area contributed by atoms with Gasteiger partial charge in [-0.3, -0.25) is 4.79 Å². The van der Waals surface area contributed by atoms with E-state index in [-0.39, 0.29) is 17.9 Å². The number of benzene rings is 1. The number of carbonyl (C=O) groups excluding carboxylic acids is 1. The highest BCUT2D eigenvalue weighted by Crippen LogP contribution is 2.19. The number of alkyl halides is 1. The van der Waals surface area contributed by atoms with E-state index in [1.807, 2.05) is 0 Å². The molecule has 1 aromatic rings. The van der Waals surface area contributed by atoms with E-state index >= 15 is 0 Å². The largest absolute Gasteiger partial charge is 0.382 e. The van der Waals surface area contributed by atoms with Crippen molar-refractivity contribution < 1.29 is 13.6 Å². The Bertz CT molecular complexity index is 339. The van der Waals surface area contributed by atoms with Crippen molar-refractivity contribution in [1.82, 2.24) is 0 Å². The Morgan fingerprint density at radius 1 is 1.50 bits per heavy atom. The molecule has 2 nitrogen and oxygen atoms in total. The summed E-state index contributed by atoms with van der Waals surface area (Å²) in [7, 11) is 0. The van der Waals surface area contributed by atoms with Gasteiger partial charge in [-0.05, 0) is 19.1 Å². The summed E-state index contributed by atoms with van der Waals surface area (Å²) in [5.74, 6) is -0.953. The summed E-state index contributed by atoms with van der Waals surface area (Å²) in [5.41, 5.74) is 0.330. The molecule has 0 aromatic heterocycles. The maximum Gasteiger partial charge on any atom is 0.164 e. The van der Waals surface area contributed by atoms with Crippen molar-refractivity contribution in [3.63, 3.8) is 0 Å². The van der Waals surface area contributed by atoms with E-state index in [2.05, 4.69) is 5.32 Å². The van der Waals surface area contributed by atoms with Gasteiger partial charge in [0.25, 0.3) is 0 Å². The maximum absolute atomic E-state index is 13.2. The lowest BCUT2D eigenvalue weighted by Crippen LogP contribution is -2.09. The van der Waals surface area contributed by atoms with Gasteiger partial charge in [0.2, 0.25) is 0 Å². The van der Waals surface area contributed by atoms with E-state index in [1.165, 1.54) is 19.1 Å². The first-order valence-corrected chi connectivity index (χ1v) is 4.26. The molecule has 0 aliphatic carbocycles. The Morgan fingerprint density at radius 3 is 2.79 bits per heavy atom. The van der Waals surface area contributed by atoms with E-state index in [0.29, 0.717) is 5.69 Å². The van der Waals surface area contributed by atoms with Crippen LogP contribution >= 0.6 is 0 Å². The molecule has 14 heavy (non-hydrogen) atoms. The van der Waals surface area contributed by atoms with Crippen LogP contribution in [0.3, 0.4) is 0 Å². The highest BCUT2D eigenvalue weighted by Gasteiger charge is 2.11. The minimum atomic E-state index is -0.582. The minimum Gasteiger partial charge on any atom is -0.382 e. The lowest BCUT2D eigenvalue weighted by atomic mass is 10.1. The second-order valence-electron chi connectivity index (χ2n) is 2.83. The summed E-state index contributed by atoms with van der Waals surface area (Å²) < 4.78 is 25.0. The van der Waals surface area contributed by atoms with Crippen LogP contribution in [0.15, 0.2) is 18.2 Å². The molecule has 1 rings (SSSR count). The van der Waals surface area contributed by atoms with Gasteiger partial charge in [0.15, 0.2) is 5.78 Å². The zero-order valence-electron chi connectivity index (χ0n) is 7.81. The van der Waals surface area contributed by atoms with Crippen LogP contribution in [0.5, 0.6) is 0 Å². The zero-order valence-corrected chi connectivity index (χ0v) is 7.81. The first-order valence-electron chi connectivity index (χ1n) is 4.26. The molecule has 0 saturated carbocycles. The Kier molecular flexibility index (Phi) is 3.56. The topological polar surface area (TPSA) is 29.1 Å². The Morgan fingerprint density at radius 2 is 2.21 bits per heavy atom. The highest BCUT2D eigenvalue weighted by atomic mass is 19.1. The quantitative estimate of drug-likeness (QED) is 0.754. The standard InChI is InChI=1S/C10H11F2NO/c1-7(14)10-8(12)3-2-4-9(10)13-6-5-11/h2-4,13H,5-6H2,1H3. The number of anilines is 1. The van der Waals surface area contributed by atoms with E-state index in [0.717, 1.165) is 0 Å². The van der Waals surface area contributed by atoms with Crippen molar-refractivity contribution in [3.8, 4) is 0 Å². The maximum atomic E-state index is 13.2. The molecule has 0 atom stereocenters. The first kappa shape index (κ1) is 10.6. The van der Waals surface area contributed by atoms with Gasteiger partial charge >= 0.3 is 0 Å². The molecule has 0 fully saturated rings. The monoisotopic (exact) mass is 199 g/mol. The molecule has 0 bridgehead atoms. The number of hydrogen-bond acceptors (Lipinski definition) is 2. The summed E-state index contributed by atoms with van der Waals surface area (Å²) in [6.45, 7) is 0.788. The van der Waals surface area contributed by atoms with E-state index < -0.39 is 12.5 Å². The van der Waals surface area contributed by atoms with Crippen molar-refractivity contribution in [3.05, 3.63) is 29.6 Å². The number of hydrogen-bond donors (Lipinski definition) is 1. The average Bonchev–Trinajstić information content (AvgIpc) is 2.14. The molecule has 1 N–H and O–H groups in total. The van der Waals surface area contributed by atoms with Gasteiger partial charge in [-0.25, -0.2) is 8.78 Å². The third kappa shape index (κ3) is 2.28. The van der Waals surface area contributed by atoms with Gasteiger partial charge < -0.3 is 5.32 Å². The lowest BCUT2D eigenvalue weighted by Gasteiger charge is -2.08. The average molecular weight is 199 g/mol. The van der Waals surface area contributed by atoms with Crippen molar-refractivity contribution in [2.75, 3.05) is 18.5 Å². The highest BCUT2D eigenvalue weighted by molar-refractivity contribution is 5.99. The molecule has 0 saturated heterocycles. The van der Waals surface area contributed by atoms with Crippen LogP contribution in [0.25, 0.3) is 0 Å². The molecule has 1 aromatic carbocycles. The van der Waals surface area contributed by atoms with Gasteiger partial charge in [-0.2, -0.15) is 0 Å². The molecule has 4 heteroatoms. The summed E-state index contributed by atoms with van der Waals surface area (Å²) in [5, 5.41) is 2.65. The predicted molar refractivity (Wildman–Crippen MR) is 50.9 cm³/mol. The van der Waals surface area contributed by atoms with Crippen LogP contribution in [0.1, 0.15) is 17.3 Å². The van der Waals surface area contributed by atoms with Crippen molar-refractivity contribution >= 4 is 11.5 Å². The molecule has 0 unspecified atom stereocenters. The molecular weight excluding hydrogens is 188 g/mol. The van der Waals surface area contributed by atoms with Crippen molar-refractivity contribution in [2.24, 2.45) is 0 Å². The third-order valence-electron chi connectivity index (χ3n) is 1.78. The van der Waals surface area contributed by atoms with Crippen LogP contribution in [0.2, 0.25) is 0 Å². The normalized spacial score (nSPS) is 9.93. The Hall–Kier alpha value is -1.45. The predicted octanol–water partition coefficient (Wildman–Crippen LogP) is 2.41. The molecule has 0 spiro atoms. The van der Waals surface area contributed by atoms with Crippen LogP contribution in [0.4, 0.5) is 14.5 Å². The fourth-order valence-corrected chi connectivity index (χ4v) is 1.21. The molecule has 0 amide bonds. The number of Topliss-reactive ketones (excluding diaryl/α,β-unsaturated/α-hetero) is 1. The fourth-order valence-electron chi connectivity index (χ4n) is 1.21. The Balaban J connectivity index is 3.02. The van der Waals surface area contributed by atoms with E-state index in [9.17, 15) is 13.6 Å². The van der Waals surface area contributed by atoms with Gasteiger partial charge in [-0.15, -0.1) is 0 Å². The fraction of sp³-hybridized carbons (Fsp3) is 0.300. The summed E-state index contributed by atoms with van der Waals surface area (Å²) >= 11 is 0. The molecule has 0 radical (unpaired) electrons. The minimum absolute atomic E-state index is 0.0130. The Labute approximate surface area is 80.9 Å². The van der Waals surface area contributed by atoms with Crippen molar-refractivity contribution in [2.45, 2.75) is 6.92 Å². The smallest absolute Gasteiger partial charge is 0.164 e. The molecule has 0 aliphatic rings. The second kappa shape index (κ2) is 4.69. The summed E-state index contributed by atoms with van der Waals surface area (Å²) in [4.78, 5) is 11.1.